The average Bonchev–Trinajstić information content (AvgIpc) is 2.63. The third-order valence-corrected chi connectivity index (χ3v) is 5.98. The third-order valence-electron chi connectivity index (χ3n) is 5.00. The van der Waals surface area contributed by atoms with Gasteiger partial charge in [0.2, 0.25) is 5.88 Å². The molecule has 27 heavy (non-hydrogen) atoms. The summed E-state index contributed by atoms with van der Waals surface area (Å²) in [6.45, 7) is 1.06. The number of carbonyl (C=O) groups is 1. The van der Waals surface area contributed by atoms with Gasteiger partial charge in [0, 0.05) is 25.4 Å². The van der Waals surface area contributed by atoms with E-state index in [2.05, 4.69) is 10.2 Å². The summed E-state index contributed by atoms with van der Waals surface area (Å²) < 4.78 is 34.7. The molecule has 1 saturated heterocycles. The Morgan fingerprint density at radius 2 is 1.63 bits per heavy atom. The molecule has 2 heterocycles. The number of likely N-dealkylation sites (tertiary alicyclic amines) is 1. The predicted molar refractivity (Wildman–Crippen MR) is 95.5 cm³/mol. The zero-order valence-electron chi connectivity index (χ0n) is 15.3. The maximum Gasteiger partial charge on any atom is 0.407 e. The quantitative estimate of drug-likeness (QED) is 0.795. The van der Waals surface area contributed by atoms with Crippen LogP contribution in [0.4, 0.5) is 4.79 Å². The van der Waals surface area contributed by atoms with Crippen molar-refractivity contribution in [1.29, 1.82) is 0 Å². The number of hydrogen-bond donors (Lipinski definition) is 1. The zero-order valence-corrected chi connectivity index (χ0v) is 16.1. The van der Waals surface area contributed by atoms with E-state index in [1.165, 1.54) is 17.0 Å². The van der Waals surface area contributed by atoms with Crippen molar-refractivity contribution in [2.75, 3.05) is 19.3 Å². The number of aromatic nitrogens is 2. The maximum absolute atomic E-state index is 11.4. The van der Waals surface area contributed by atoms with Crippen LogP contribution in [0, 0.1) is 0 Å². The molecule has 0 atom stereocenters. The van der Waals surface area contributed by atoms with Gasteiger partial charge >= 0.3 is 6.09 Å². The molecular formula is C17H25N3O6S. The van der Waals surface area contributed by atoms with Crippen molar-refractivity contribution in [2.45, 2.75) is 61.9 Å². The van der Waals surface area contributed by atoms with Gasteiger partial charge < -0.3 is 19.5 Å². The van der Waals surface area contributed by atoms with Crippen LogP contribution in [0.25, 0.3) is 0 Å². The second-order valence-corrected chi connectivity index (χ2v) is 9.07. The molecule has 0 spiro atoms. The molecule has 0 aromatic carbocycles. The Labute approximate surface area is 158 Å². The first-order chi connectivity index (χ1) is 12.8. The molecule has 1 aliphatic heterocycles. The number of rotatable bonds is 5. The fraction of sp³-hybridized carbons (Fsp3) is 0.706. The second kappa shape index (κ2) is 8.39. The molecule has 1 N–H and O–H groups in total. The number of carboxylic acid groups (broad SMARTS) is 1. The van der Waals surface area contributed by atoms with E-state index in [1.807, 2.05) is 0 Å². The minimum atomic E-state index is -3.36. The van der Waals surface area contributed by atoms with E-state index in [0.29, 0.717) is 19.0 Å². The van der Waals surface area contributed by atoms with Gasteiger partial charge in [-0.15, -0.1) is 10.2 Å². The maximum atomic E-state index is 11.4. The monoisotopic (exact) mass is 399 g/mol. The van der Waals surface area contributed by atoms with Crippen LogP contribution in [0.3, 0.4) is 0 Å². The molecule has 2 aliphatic rings. The third kappa shape index (κ3) is 5.52. The van der Waals surface area contributed by atoms with Gasteiger partial charge in [0.1, 0.15) is 6.10 Å². The van der Waals surface area contributed by atoms with Crippen molar-refractivity contribution in [2.24, 2.45) is 0 Å². The normalized spacial score (nSPS) is 24.6. The fourth-order valence-electron chi connectivity index (χ4n) is 3.48. The molecule has 3 rings (SSSR count). The first kappa shape index (κ1) is 19.8. The molecule has 0 unspecified atom stereocenters. The molecule has 0 radical (unpaired) electrons. The molecule has 1 amide bonds. The van der Waals surface area contributed by atoms with Gasteiger partial charge in [0.15, 0.2) is 14.9 Å². The average molecular weight is 399 g/mol. The van der Waals surface area contributed by atoms with E-state index in [4.69, 9.17) is 14.6 Å². The number of piperidine rings is 1. The number of ether oxygens (including phenoxy) is 2. The summed E-state index contributed by atoms with van der Waals surface area (Å²) in [5.41, 5.74) is 0. The van der Waals surface area contributed by atoms with Crippen molar-refractivity contribution >= 4 is 15.9 Å². The lowest BCUT2D eigenvalue weighted by atomic mass is 9.94. The number of hydrogen-bond acceptors (Lipinski definition) is 7. The van der Waals surface area contributed by atoms with Crippen molar-refractivity contribution < 1.29 is 27.8 Å². The highest BCUT2D eigenvalue weighted by atomic mass is 32.2. The Balaban J connectivity index is 1.41. The first-order valence-corrected chi connectivity index (χ1v) is 11.0. The summed E-state index contributed by atoms with van der Waals surface area (Å²) in [4.78, 5) is 12.4. The molecule has 1 aromatic rings. The van der Waals surface area contributed by atoms with Crippen LogP contribution >= 0.6 is 0 Å². The summed E-state index contributed by atoms with van der Waals surface area (Å²) in [7, 11) is -3.36. The lowest BCUT2D eigenvalue weighted by Gasteiger charge is -2.35. The molecule has 10 heteroatoms. The highest BCUT2D eigenvalue weighted by molar-refractivity contribution is 7.90. The molecule has 150 valence electrons. The van der Waals surface area contributed by atoms with Gasteiger partial charge in [-0.2, -0.15) is 0 Å². The first-order valence-electron chi connectivity index (χ1n) is 9.15. The van der Waals surface area contributed by atoms with Gasteiger partial charge in [-0.05, 0) is 44.6 Å². The smallest absolute Gasteiger partial charge is 0.407 e. The van der Waals surface area contributed by atoms with Crippen molar-refractivity contribution in [3.05, 3.63) is 12.1 Å². The standard InChI is InChI=1S/C17H25N3O6S/c1-27(23,24)16-7-6-15(18-19-16)26-13-4-2-12(3-5-13)25-14-8-10-20(11-9-14)17(21)22/h6-7,12-14H,2-5,8-11H2,1H3,(H,21,22)/t12-,13-. The Hall–Kier alpha value is -1.94. The minimum Gasteiger partial charge on any atom is -0.473 e. The van der Waals surface area contributed by atoms with Crippen LogP contribution in [-0.4, -0.2) is 72.4 Å². The van der Waals surface area contributed by atoms with Crippen LogP contribution in [0.15, 0.2) is 17.2 Å². The van der Waals surface area contributed by atoms with Gasteiger partial charge in [-0.3, -0.25) is 0 Å². The molecule has 1 aliphatic carbocycles. The van der Waals surface area contributed by atoms with E-state index in [9.17, 15) is 13.2 Å². The van der Waals surface area contributed by atoms with Gasteiger partial charge in [-0.1, -0.05) is 0 Å². The van der Waals surface area contributed by atoms with E-state index in [-0.39, 0.29) is 23.3 Å². The SMILES string of the molecule is CS(=O)(=O)c1ccc(O[C@H]2CC[C@H](OC3CCN(C(=O)O)CC3)CC2)nn1. The summed E-state index contributed by atoms with van der Waals surface area (Å²) in [6, 6.07) is 2.93. The van der Waals surface area contributed by atoms with Gasteiger partial charge in [-0.25, -0.2) is 13.2 Å². The lowest BCUT2D eigenvalue weighted by molar-refractivity contribution is -0.0644. The predicted octanol–water partition coefficient (Wildman–Crippen LogP) is 1.73. The number of sulfone groups is 1. The summed E-state index contributed by atoms with van der Waals surface area (Å²) in [5, 5.41) is 16.4. The Morgan fingerprint density at radius 1 is 1.04 bits per heavy atom. The fourth-order valence-corrected chi connectivity index (χ4v) is 3.99. The zero-order chi connectivity index (χ0) is 19.4. The van der Waals surface area contributed by atoms with Crippen molar-refractivity contribution in [3.63, 3.8) is 0 Å². The summed E-state index contributed by atoms with van der Waals surface area (Å²) in [5.74, 6) is 0.327. The molecular weight excluding hydrogens is 374 g/mol. The number of nitrogens with zero attached hydrogens (tertiary/aromatic N) is 3. The molecule has 0 bridgehead atoms. The van der Waals surface area contributed by atoms with E-state index >= 15 is 0 Å². The Bertz CT molecular complexity index is 738. The number of amides is 1. The summed E-state index contributed by atoms with van der Waals surface area (Å²) in [6.07, 6.45) is 5.42. The van der Waals surface area contributed by atoms with E-state index in [0.717, 1.165) is 44.8 Å². The van der Waals surface area contributed by atoms with Crippen LogP contribution < -0.4 is 4.74 Å². The molecule has 2 fully saturated rings. The molecule has 1 aromatic heterocycles. The largest absolute Gasteiger partial charge is 0.473 e. The highest BCUT2D eigenvalue weighted by Gasteiger charge is 2.28. The Morgan fingerprint density at radius 3 is 2.15 bits per heavy atom. The van der Waals surface area contributed by atoms with Crippen molar-refractivity contribution in [3.8, 4) is 5.88 Å². The van der Waals surface area contributed by atoms with E-state index < -0.39 is 15.9 Å². The van der Waals surface area contributed by atoms with E-state index in [1.54, 1.807) is 0 Å². The van der Waals surface area contributed by atoms with Gasteiger partial charge in [0.25, 0.3) is 0 Å². The van der Waals surface area contributed by atoms with Crippen LogP contribution in [0.1, 0.15) is 38.5 Å². The molecule has 9 nitrogen and oxygen atoms in total. The van der Waals surface area contributed by atoms with Crippen molar-refractivity contribution in [1.82, 2.24) is 15.1 Å². The second-order valence-electron chi connectivity index (χ2n) is 7.10. The highest BCUT2D eigenvalue weighted by Crippen LogP contribution is 2.27. The Kier molecular flexibility index (Phi) is 6.15. The van der Waals surface area contributed by atoms with Gasteiger partial charge in [0.05, 0.1) is 12.2 Å². The van der Waals surface area contributed by atoms with Crippen LogP contribution in [-0.2, 0) is 14.6 Å². The van der Waals surface area contributed by atoms with Crippen LogP contribution in [0.2, 0.25) is 0 Å². The van der Waals surface area contributed by atoms with Crippen LogP contribution in [0.5, 0.6) is 5.88 Å². The lowest BCUT2D eigenvalue weighted by Crippen LogP contribution is -2.41. The minimum absolute atomic E-state index is 0.0112. The topological polar surface area (TPSA) is 119 Å². The summed E-state index contributed by atoms with van der Waals surface area (Å²) >= 11 is 0. The molecule has 1 saturated carbocycles.